The van der Waals surface area contributed by atoms with E-state index in [1.807, 2.05) is 22.4 Å². The lowest BCUT2D eigenvalue weighted by atomic mass is 10.1. The molecule has 1 aromatic heterocycles. The number of carbonyl (C=O) groups is 1. The number of ether oxygens (including phenoxy) is 2. The van der Waals surface area contributed by atoms with E-state index in [1.54, 1.807) is 7.11 Å². The van der Waals surface area contributed by atoms with E-state index in [1.165, 1.54) is 11.3 Å². The maximum atomic E-state index is 12.3. The Morgan fingerprint density at radius 1 is 1.68 bits per heavy atom. The van der Waals surface area contributed by atoms with Crippen LogP contribution in [-0.4, -0.2) is 68.5 Å². The molecule has 2 rings (SSSR count). The fourth-order valence-electron chi connectivity index (χ4n) is 2.50. The average Bonchev–Trinajstić information content (AvgIpc) is 3.06. The van der Waals surface area contributed by atoms with Crippen molar-refractivity contribution in [1.29, 1.82) is 0 Å². The Hall–Kier alpha value is -0.990. The van der Waals surface area contributed by atoms with Crippen molar-refractivity contribution in [3.05, 3.63) is 22.4 Å². The first kappa shape index (κ1) is 17.4. The largest absolute Gasteiger partial charge is 0.387 e. The monoisotopic (exact) mass is 328 g/mol. The van der Waals surface area contributed by atoms with E-state index in [0.717, 1.165) is 4.88 Å². The first-order valence-electron chi connectivity index (χ1n) is 7.50. The van der Waals surface area contributed by atoms with Gasteiger partial charge < -0.3 is 24.8 Å². The zero-order chi connectivity index (χ0) is 15.8. The molecule has 2 heterocycles. The quantitative estimate of drug-likeness (QED) is 0.685. The molecule has 0 aromatic carbocycles. The lowest BCUT2D eigenvalue weighted by Crippen LogP contribution is -2.51. The Morgan fingerprint density at radius 2 is 2.55 bits per heavy atom. The van der Waals surface area contributed by atoms with Gasteiger partial charge in [-0.3, -0.25) is 4.79 Å². The fraction of sp³-hybridized carbons (Fsp3) is 0.667. The van der Waals surface area contributed by atoms with Gasteiger partial charge in [-0.1, -0.05) is 6.07 Å². The highest BCUT2D eigenvalue weighted by Crippen LogP contribution is 2.25. The van der Waals surface area contributed by atoms with Gasteiger partial charge in [0.05, 0.1) is 38.5 Å². The molecule has 124 valence electrons. The summed E-state index contributed by atoms with van der Waals surface area (Å²) >= 11 is 1.53. The zero-order valence-corrected chi connectivity index (χ0v) is 13.7. The summed E-state index contributed by atoms with van der Waals surface area (Å²) in [6.45, 7) is 3.12. The predicted octanol–water partition coefficient (Wildman–Crippen LogP) is 0.635. The summed E-state index contributed by atoms with van der Waals surface area (Å²) in [5, 5.41) is 15.3. The van der Waals surface area contributed by atoms with Crippen molar-refractivity contribution in [1.82, 2.24) is 10.2 Å². The van der Waals surface area contributed by atoms with Crippen LogP contribution in [0.15, 0.2) is 17.5 Å². The molecule has 0 radical (unpaired) electrons. The van der Waals surface area contributed by atoms with Crippen molar-refractivity contribution in [2.75, 3.05) is 46.6 Å². The second kappa shape index (κ2) is 9.22. The molecule has 1 aromatic rings. The van der Waals surface area contributed by atoms with Crippen LogP contribution in [0.5, 0.6) is 0 Å². The standard InChI is InChI=1S/C15H24N2O4S/c1-20-6-4-16-10-15(19)17-5-7-21-11-12(17)9-13(18)14-3-2-8-22-14/h2-3,8,12-13,16,18H,4-7,9-11H2,1H3. The molecule has 0 aliphatic carbocycles. The molecule has 2 unspecified atom stereocenters. The first-order valence-corrected chi connectivity index (χ1v) is 8.38. The molecule has 0 bridgehead atoms. The van der Waals surface area contributed by atoms with E-state index < -0.39 is 6.10 Å². The highest BCUT2D eigenvalue weighted by Gasteiger charge is 2.29. The van der Waals surface area contributed by atoms with Gasteiger partial charge in [-0.15, -0.1) is 11.3 Å². The number of hydrogen-bond donors (Lipinski definition) is 2. The minimum atomic E-state index is -0.552. The summed E-state index contributed by atoms with van der Waals surface area (Å²) in [4.78, 5) is 15.1. The molecule has 1 amide bonds. The van der Waals surface area contributed by atoms with Gasteiger partial charge >= 0.3 is 0 Å². The molecule has 2 N–H and O–H groups in total. The molecule has 7 heteroatoms. The number of carbonyl (C=O) groups excluding carboxylic acids is 1. The molecule has 1 saturated heterocycles. The number of nitrogens with one attached hydrogen (secondary N) is 1. The van der Waals surface area contributed by atoms with Gasteiger partial charge in [0.25, 0.3) is 0 Å². The summed E-state index contributed by atoms with van der Waals surface area (Å²) in [5.74, 6) is 0.0442. The topological polar surface area (TPSA) is 71.0 Å². The number of aliphatic hydroxyl groups is 1. The summed E-state index contributed by atoms with van der Waals surface area (Å²) in [6, 6.07) is 3.75. The number of aliphatic hydroxyl groups excluding tert-OH is 1. The van der Waals surface area contributed by atoms with Crippen LogP contribution in [0.4, 0.5) is 0 Å². The number of methoxy groups -OCH3 is 1. The van der Waals surface area contributed by atoms with E-state index in [4.69, 9.17) is 9.47 Å². The molecule has 1 aliphatic rings. The van der Waals surface area contributed by atoms with Crippen LogP contribution in [0.1, 0.15) is 17.4 Å². The molecular formula is C15H24N2O4S. The van der Waals surface area contributed by atoms with E-state index in [2.05, 4.69) is 5.32 Å². The SMILES string of the molecule is COCCNCC(=O)N1CCOCC1CC(O)c1cccs1. The van der Waals surface area contributed by atoms with E-state index in [9.17, 15) is 9.90 Å². The van der Waals surface area contributed by atoms with Crippen molar-refractivity contribution < 1.29 is 19.4 Å². The fourth-order valence-corrected chi connectivity index (χ4v) is 3.23. The summed E-state index contributed by atoms with van der Waals surface area (Å²) in [5.41, 5.74) is 0. The van der Waals surface area contributed by atoms with Gasteiger partial charge in [-0.05, 0) is 11.4 Å². The number of nitrogens with zero attached hydrogens (tertiary/aromatic N) is 1. The second-order valence-electron chi connectivity index (χ2n) is 5.25. The van der Waals surface area contributed by atoms with E-state index in [0.29, 0.717) is 39.3 Å². The molecule has 6 nitrogen and oxygen atoms in total. The van der Waals surface area contributed by atoms with Crippen molar-refractivity contribution >= 4 is 17.2 Å². The van der Waals surface area contributed by atoms with Gasteiger partial charge in [0, 0.05) is 31.5 Å². The third-order valence-corrected chi connectivity index (χ3v) is 4.65. The van der Waals surface area contributed by atoms with Crippen LogP contribution in [0.25, 0.3) is 0 Å². The lowest BCUT2D eigenvalue weighted by Gasteiger charge is -2.36. The Morgan fingerprint density at radius 3 is 3.27 bits per heavy atom. The van der Waals surface area contributed by atoms with Gasteiger partial charge in [0.2, 0.25) is 5.91 Å². The molecule has 2 atom stereocenters. The minimum absolute atomic E-state index is 0.0442. The van der Waals surface area contributed by atoms with Gasteiger partial charge in [-0.25, -0.2) is 0 Å². The Balaban J connectivity index is 1.86. The van der Waals surface area contributed by atoms with Crippen LogP contribution < -0.4 is 5.32 Å². The van der Waals surface area contributed by atoms with Gasteiger partial charge in [0.15, 0.2) is 0 Å². The van der Waals surface area contributed by atoms with Crippen molar-refractivity contribution in [2.24, 2.45) is 0 Å². The van der Waals surface area contributed by atoms with Crippen LogP contribution in [0.2, 0.25) is 0 Å². The Kier molecular flexibility index (Phi) is 7.28. The summed E-state index contributed by atoms with van der Waals surface area (Å²) < 4.78 is 10.4. The lowest BCUT2D eigenvalue weighted by molar-refractivity contribution is -0.140. The number of hydrogen-bond acceptors (Lipinski definition) is 6. The van der Waals surface area contributed by atoms with Crippen molar-refractivity contribution in [2.45, 2.75) is 18.6 Å². The van der Waals surface area contributed by atoms with Crippen LogP contribution in [0, 0.1) is 0 Å². The number of morpholine rings is 1. The third-order valence-electron chi connectivity index (χ3n) is 3.67. The first-order chi connectivity index (χ1) is 10.7. The number of thiophene rings is 1. The maximum absolute atomic E-state index is 12.3. The molecule has 1 fully saturated rings. The van der Waals surface area contributed by atoms with Crippen molar-refractivity contribution in [3.8, 4) is 0 Å². The van der Waals surface area contributed by atoms with Crippen LogP contribution in [-0.2, 0) is 14.3 Å². The number of amides is 1. The Bertz CT molecular complexity index is 441. The summed E-state index contributed by atoms with van der Waals surface area (Å²) in [7, 11) is 1.63. The van der Waals surface area contributed by atoms with E-state index >= 15 is 0 Å². The molecule has 0 saturated carbocycles. The second-order valence-corrected chi connectivity index (χ2v) is 6.23. The van der Waals surface area contributed by atoms with Gasteiger partial charge in [0.1, 0.15) is 0 Å². The normalized spacial score (nSPS) is 20.1. The smallest absolute Gasteiger partial charge is 0.236 e. The molecule has 0 spiro atoms. The minimum Gasteiger partial charge on any atom is -0.387 e. The highest BCUT2D eigenvalue weighted by atomic mass is 32.1. The van der Waals surface area contributed by atoms with Crippen LogP contribution >= 0.6 is 11.3 Å². The zero-order valence-electron chi connectivity index (χ0n) is 12.9. The number of rotatable bonds is 8. The van der Waals surface area contributed by atoms with Crippen LogP contribution in [0.3, 0.4) is 0 Å². The van der Waals surface area contributed by atoms with Crippen molar-refractivity contribution in [3.63, 3.8) is 0 Å². The highest BCUT2D eigenvalue weighted by molar-refractivity contribution is 7.10. The maximum Gasteiger partial charge on any atom is 0.236 e. The molecular weight excluding hydrogens is 304 g/mol. The Labute approximate surface area is 135 Å². The third kappa shape index (κ3) is 5.03. The summed E-state index contributed by atoms with van der Waals surface area (Å²) in [6.07, 6.45) is -0.0481. The predicted molar refractivity (Wildman–Crippen MR) is 85.0 cm³/mol. The average molecular weight is 328 g/mol. The van der Waals surface area contributed by atoms with E-state index in [-0.39, 0.29) is 18.5 Å². The van der Waals surface area contributed by atoms with Gasteiger partial charge in [-0.2, -0.15) is 0 Å². The molecule has 22 heavy (non-hydrogen) atoms. The molecule has 1 aliphatic heterocycles.